The molecule has 0 radical (unpaired) electrons. The number of hydrogen-bond acceptors (Lipinski definition) is 1. The van der Waals surface area contributed by atoms with Crippen molar-refractivity contribution in [3.05, 3.63) is 11.6 Å². The van der Waals surface area contributed by atoms with Gasteiger partial charge in [-0.3, -0.25) is 0 Å². The molecule has 98 valence electrons. The quantitative estimate of drug-likeness (QED) is 0.566. The van der Waals surface area contributed by atoms with Gasteiger partial charge in [-0.25, -0.2) is 0 Å². The Labute approximate surface area is 114 Å². The highest BCUT2D eigenvalue weighted by molar-refractivity contribution is 9.09. The van der Waals surface area contributed by atoms with E-state index in [1.807, 2.05) is 6.92 Å². The summed E-state index contributed by atoms with van der Waals surface area (Å²) in [4.78, 5) is 0.566. The number of allylic oxidation sites excluding steroid dienone is 2. The molecule has 0 aromatic carbocycles. The third-order valence-electron chi connectivity index (χ3n) is 4.99. The number of hydrogen-bond donors (Lipinski definition) is 1. The van der Waals surface area contributed by atoms with Crippen molar-refractivity contribution in [2.75, 3.05) is 0 Å². The lowest BCUT2D eigenvalue weighted by Crippen LogP contribution is -2.52. The van der Waals surface area contributed by atoms with Crippen LogP contribution in [-0.2, 0) is 0 Å². The normalized spacial score (nSPS) is 49.9. The Bertz CT molecular complexity index is 330. The highest BCUT2D eigenvalue weighted by Crippen LogP contribution is 2.60. The average molecular weight is 301 g/mol. The molecule has 5 unspecified atom stereocenters. The average Bonchev–Trinajstić information content (AvgIpc) is 2.52. The van der Waals surface area contributed by atoms with E-state index in [0.717, 1.165) is 12.8 Å². The Hall–Kier alpha value is 0.180. The third kappa shape index (κ3) is 2.23. The van der Waals surface area contributed by atoms with Gasteiger partial charge in [-0.05, 0) is 57.8 Å². The molecule has 0 aromatic heterocycles. The number of halogens is 1. The Balaban J connectivity index is 2.35. The molecule has 2 fully saturated rings. The molecule has 2 aliphatic rings. The summed E-state index contributed by atoms with van der Waals surface area (Å²) in [6, 6.07) is 0. The summed E-state index contributed by atoms with van der Waals surface area (Å²) in [6.45, 7) is 8.74. The first-order valence-corrected chi connectivity index (χ1v) is 7.70. The van der Waals surface area contributed by atoms with Crippen LogP contribution in [0.15, 0.2) is 11.6 Å². The van der Waals surface area contributed by atoms with E-state index in [1.54, 1.807) is 0 Å². The molecule has 5 atom stereocenters. The van der Waals surface area contributed by atoms with Gasteiger partial charge in [0.15, 0.2) is 0 Å². The van der Waals surface area contributed by atoms with Gasteiger partial charge in [-0.2, -0.15) is 0 Å². The van der Waals surface area contributed by atoms with Crippen LogP contribution in [0, 0.1) is 17.3 Å². The zero-order chi connectivity index (χ0) is 12.8. The summed E-state index contributed by atoms with van der Waals surface area (Å²) in [5, 5.41) is 10.8. The van der Waals surface area contributed by atoms with Crippen LogP contribution in [0.5, 0.6) is 0 Å². The van der Waals surface area contributed by atoms with Crippen molar-refractivity contribution in [1.82, 2.24) is 0 Å². The fourth-order valence-electron chi connectivity index (χ4n) is 4.32. The predicted molar refractivity (Wildman–Crippen MR) is 76.3 cm³/mol. The summed E-state index contributed by atoms with van der Waals surface area (Å²) in [7, 11) is 0. The lowest BCUT2D eigenvalue weighted by Gasteiger charge is -2.50. The first-order chi connectivity index (χ1) is 7.77. The summed E-state index contributed by atoms with van der Waals surface area (Å²) >= 11 is 3.86. The fraction of sp³-hybridized carbons (Fsp3) is 0.867. The fourth-order valence-corrected chi connectivity index (χ4v) is 5.07. The molecule has 2 aliphatic carbocycles. The van der Waals surface area contributed by atoms with E-state index in [4.69, 9.17) is 0 Å². The van der Waals surface area contributed by atoms with Crippen LogP contribution >= 0.6 is 15.9 Å². The largest absolute Gasteiger partial charge is 0.390 e. The first kappa shape index (κ1) is 13.6. The highest BCUT2D eigenvalue weighted by Gasteiger charge is 2.57. The van der Waals surface area contributed by atoms with E-state index in [9.17, 15) is 5.11 Å². The van der Waals surface area contributed by atoms with E-state index in [0.29, 0.717) is 16.7 Å². The summed E-state index contributed by atoms with van der Waals surface area (Å²) in [5.74, 6) is 0.961. The van der Waals surface area contributed by atoms with Gasteiger partial charge in [0.1, 0.15) is 0 Å². The first-order valence-electron chi connectivity index (χ1n) is 6.79. The van der Waals surface area contributed by atoms with Crippen LogP contribution in [0.1, 0.15) is 53.4 Å². The molecule has 2 heteroatoms. The minimum atomic E-state index is -0.494. The van der Waals surface area contributed by atoms with E-state index in [-0.39, 0.29) is 5.41 Å². The van der Waals surface area contributed by atoms with Crippen molar-refractivity contribution in [2.45, 2.75) is 63.8 Å². The van der Waals surface area contributed by atoms with Crippen molar-refractivity contribution >= 4 is 15.9 Å². The molecule has 1 N–H and O–H groups in total. The van der Waals surface area contributed by atoms with Crippen LogP contribution < -0.4 is 0 Å². The molecular weight excluding hydrogens is 276 g/mol. The van der Waals surface area contributed by atoms with Gasteiger partial charge >= 0.3 is 0 Å². The number of fused-ring (bicyclic) bond motifs is 1. The zero-order valence-electron chi connectivity index (χ0n) is 11.5. The second-order valence-electron chi connectivity index (χ2n) is 6.79. The molecule has 0 amide bonds. The van der Waals surface area contributed by atoms with Gasteiger partial charge in [-0.15, -0.1) is 0 Å². The van der Waals surface area contributed by atoms with Crippen molar-refractivity contribution in [3.8, 4) is 0 Å². The number of aliphatic hydroxyl groups is 1. The molecule has 0 aromatic rings. The molecule has 1 nitrogen and oxygen atoms in total. The second-order valence-corrected chi connectivity index (χ2v) is 7.90. The summed E-state index contributed by atoms with van der Waals surface area (Å²) < 4.78 is 0. The lowest BCUT2D eigenvalue weighted by molar-refractivity contribution is -0.0866. The molecule has 2 saturated carbocycles. The van der Waals surface area contributed by atoms with Gasteiger partial charge in [0.25, 0.3) is 0 Å². The van der Waals surface area contributed by atoms with Gasteiger partial charge in [0.05, 0.1) is 5.60 Å². The molecule has 2 rings (SSSR count). The highest BCUT2D eigenvalue weighted by atomic mass is 79.9. The number of alkyl halides is 1. The van der Waals surface area contributed by atoms with Crippen molar-refractivity contribution < 1.29 is 5.11 Å². The lowest BCUT2D eigenvalue weighted by atomic mass is 9.60. The van der Waals surface area contributed by atoms with Crippen molar-refractivity contribution in [3.63, 3.8) is 0 Å². The SMILES string of the molecule is CC(C)=CC1CCC2(C)C(Br)CCC(C)(O)C12. The summed E-state index contributed by atoms with van der Waals surface area (Å²) in [5.41, 5.74) is 1.15. The zero-order valence-corrected chi connectivity index (χ0v) is 13.0. The van der Waals surface area contributed by atoms with E-state index in [2.05, 4.69) is 42.8 Å². The maximum Gasteiger partial charge on any atom is 0.0659 e. The van der Waals surface area contributed by atoms with E-state index >= 15 is 0 Å². The molecule has 17 heavy (non-hydrogen) atoms. The Morgan fingerprint density at radius 3 is 2.47 bits per heavy atom. The van der Waals surface area contributed by atoms with Crippen molar-refractivity contribution in [2.24, 2.45) is 17.3 Å². The smallest absolute Gasteiger partial charge is 0.0659 e. The van der Waals surface area contributed by atoms with Gasteiger partial charge in [-0.1, -0.05) is 34.5 Å². The van der Waals surface area contributed by atoms with Crippen LogP contribution in [0.3, 0.4) is 0 Å². The molecule has 0 saturated heterocycles. The van der Waals surface area contributed by atoms with Gasteiger partial charge < -0.3 is 5.11 Å². The van der Waals surface area contributed by atoms with E-state index in [1.165, 1.54) is 18.4 Å². The predicted octanol–water partition coefficient (Wildman–Crippen LogP) is 4.29. The maximum absolute atomic E-state index is 10.8. The Morgan fingerprint density at radius 2 is 1.88 bits per heavy atom. The van der Waals surface area contributed by atoms with Crippen LogP contribution in [-0.4, -0.2) is 15.5 Å². The minimum absolute atomic E-state index is 0.262. The van der Waals surface area contributed by atoms with Gasteiger partial charge in [0.2, 0.25) is 0 Å². The summed E-state index contributed by atoms with van der Waals surface area (Å²) in [6.07, 6.45) is 6.87. The third-order valence-corrected chi connectivity index (χ3v) is 6.50. The topological polar surface area (TPSA) is 20.2 Å². The van der Waals surface area contributed by atoms with Gasteiger partial charge in [0, 0.05) is 10.7 Å². The van der Waals surface area contributed by atoms with Crippen LogP contribution in [0.4, 0.5) is 0 Å². The molecule has 0 aliphatic heterocycles. The molecule has 0 heterocycles. The monoisotopic (exact) mass is 300 g/mol. The molecule has 0 spiro atoms. The van der Waals surface area contributed by atoms with Crippen LogP contribution in [0.2, 0.25) is 0 Å². The Kier molecular flexibility index (Phi) is 3.51. The standard InChI is InChI=1S/C15H25BrO/c1-10(2)9-11-5-7-14(3)12(16)6-8-15(4,17)13(11)14/h9,11-13,17H,5-8H2,1-4H3. The maximum atomic E-state index is 10.8. The number of rotatable bonds is 1. The molecule has 0 bridgehead atoms. The Morgan fingerprint density at radius 1 is 1.24 bits per heavy atom. The van der Waals surface area contributed by atoms with Crippen molar-refractivity contribution in [1.29, 1.82) is 0 Å². The molecular formula is C15H25BrO. The second kappa shape index (κ2) is 4.38. The minimum Gasteiger partial charge on any atom is -0.390 e. The van der Waals surface area contributed by atoms with Crippen LogP contribution in [0.25, 0.3) is 0 Å². The van der Waals surface area contributed by atoms with E-state index < -0.39 is 5.60 Å².